The first-order valence-electron chi connectivity index (χ1n) is 8.37. The van der Waals surface area contributed by atoms with Crippen LogP contribution in [0.2, 0.25) is 0 Å². The van der Waals surface area contributed by atoms with Crippen molar-refractivity contribution in [2.75, 3.05) is 7.11 Å². The summed E-state index contributed by atoms with van der Waals surface area (Å²) >= 11 is 1.19. The van der Waals surface area contributed by atoms with Crippen LogP contribution < -0.4 is 14.8 Å². The lowest BCUT2D eigenvalue weighted by molar-refractivity contribution is 0.0691. The summed E-state index contributed by atoms with van der Waals surface area (Å²) in [7, 11) is 1.54. The van der Waals surface area contributed by atoms with Crippen molar-refractivity contribution in [1.29, 1.82) is 0 Å². The summed E-state index contributed by atoms with van der Waals surface area (Å²) in [6.45, 7) is 0.166. The molecule has 0 atom stereocenters. The third kappa shape index (κ3) is 4.32. The van der Waals surface area contributed by atoms with E-state index < -0.39 is 5.97 Å². The van der Waals surface area contributed by atoms with Crippen molar-refractivity contribution >= 4 is 23.2 Å². The van der Waals surface area contributed by atoms with Crippen LogP contribution in [0.15, 0.2) is 23.6 Å². The monoisotopic (exact) mass is 376 g/mol. The van der Waals surface area contributed by atoms with Crippen molar-refractivity contribution in [3.8, 4) is 11.5 Å². The number of benzene rings is 1. The highest BCUT2D eigenvalue weighted by Crippen LogP contribution is 2.32. The van der Waals surface area contributed by atoms with E-state index in [4.69, 9.17) is 14.6 Å². The Morgan fingerprint density at radius 2 is 2.08 bits per heavy atom. The van der Waals surface area contributed by atoms with Crippen LogP contribution in [0.4, 0.5) is 0 Å². The fraction of sp³-hybridized carbons (Fsp3) is 0.389. The maximum absolute atomic E-state index is 12.3. The number of hydrogen-bond acceptors (Lipinski definition) is 6. The van der Waals surface area contributed by atoms with Crippen LogP contribution in [0.1, 0.15) is 51.5 Å². The highest BCUT2D eigenvalue weighted by atomic mass is 32.1. The van der Waals surface area contributed by atoms with Crippen LogP contribution in [-0.2, 0) is 6.54 Å². The van der Waals surface area contributed by atoms with Crippen LogP contribution in [0, 0.1) is 0 Å². The van der Waals surface area contributed by atoms with Gasteiger partial charge in [-0.15, -0.1) is 11.3 Å². The van der Waals surface area contributed by atoms with Crippen molar-refractivity contribution in [3.63, 3.8) is 0 Å². The first kappa shape index (κ1) is 18.2. The number of hydrogen-bond donors (Lipinski definition) is 2. The molecule has 1 aromatic carbocycles. The molecule has 0 saturated heterocycles. The zero-order valence-corrected chi connectivity index (χ0v) is 15.2. The summed E-state index contributed by atoms with van der Waals surface area (Å²) in [4.78, 5) is 27.1. The Morgan fingerprint density at radius 1 is 1.31 bits per heavy atom. The molecule has 1 aromatic heterocycles. The minimum atomic E-state index is -1.08. The summed E-state index contributed by atoms with van der Waals surface area (Å²) < 4.78 is 11.3. The van der Waals surface area contributed by atoms with Crippen LogP contribution in [0.25, 0.3) is 0 Å². The van der Waals surface area contributed by atoms with Gasteiger partial charge in [-0.25, -0.2) is 9.78 Å². The molecule has 1 amide bonds. The van der Waals surface area contributed by atoms with Gasteiger partial charge in [0.25, 0.3) is 5.91 Å². The Balaban J connectivity index is 1.63. The van der Waals surface area contributed by atoms with Gasteiger partial charge in [0.1, 0.15) is 5.01 Å². The van der Waals surface area contributed by atoms with Crippen molar-refractivity contribution in [3.05, 3.63) is 39.8 Å². The molecule has 1 fully saturated rings. The topological polar surface area (TPSA) is 97.8 Å². The van der Waals surface area contributed by atoms with Crippen LogP contribution in [0.3, 0.4) is 0 Å². The molecule has 0 spiro atoms. The standard InChI is InChI=1S/C18H20N2O5S/c1-24-15-8-11(6-7-14(15)25-12-4-2-3-5-12)17(21)19-9-16-20-13(10-26-16)18(22)23/h6-8,10,12H,2-5,9H2,1H3,(H,19,21)(H,22,23). The molecule has 0 radical (unpaired) electrons. The Morgan fingerprint density at radius 3 is 2.73 bits per heavy atom. The normalized spacial score (nSPS) is 14.2. The molecule has 2 N–H and O–H groups in total. The Labute approximate surface area is 155 Å². The van der Waals surface area contributed by atoms with E-state index in [1.165, 1.54) is 29.6 Å². The summed E-state index contributed by atoms with van der Waals surface area (Å²) in [6, 6.07) is 5.08. The second-order valence-electron chi connectivity index (χ2n) is 6.00. The molecule has 0 bridgehead atoms. The fourth-order valence-corrected chi connectivity index (χ4v) is 3.55. The molecule has 0 unspecified atom stereocenters. The number of rotatable bonds is 7. The van der Waals surface area contributed by atoms with Gasteiger partial charge in [0, 0.05) is 10.9 Å². The number of aromatic carboxylic acids is 1. The molecule has 1 saturated carbocycles. The quantitative estimate of drug-likeness (QED) is 0.771. The van der Waals surface area contributed by atoms with Gasteiger partial charge in [-0.2, -0.15) is 0 Å². The van der Waals surface area contributed by atoms with Gasteiger partial charge >= 0.3 is 5.97 Å². The number of carboxylic acid groups (broad SMARTS) is 1. The predicted octanol–water partition coefficient (Wildman–Crippen LogP) is 3.10. The summed E-state index contributed by atoms with van der Waals surface area (Å²) in [5, 5.41) is 13.6. The van der Waals surface area contributed by atoms with E-state index in [-0.39, 0.29) is 24.2 Å². The largest absolute Gasteiger partial charge is 0.493 e. The van der Waals surface area contributed by atoms with Gasteiger partial charge in [-0.1, -0.05) is 0 Å². The van der Waals surface area contributed by atoms with Crippen LogP contribution in [-0.4, -0.2) is 35.2 Å². The molecular weight excluding hydrogens is 356 g/mol. The number of thiazole rings is 1. The van der Waals surface area contributed by atoms with E-state index in [9.17, 15) is 9.59 Å². The molecular formula is C18H20N2O5S. The molecule has 2 aromatic rings. The van der Waals surface area contributed by atoms with Crippen LogP contribution in [0.5, 0.6) is 11.5 Å². The molecule has 7 nitrogen and oxygen atoms in total. The minimum absolute atomic E-state index is 0.0191. The summed E-state index contributed by atoms with van der Waals surface area (Å²) in [6.07, 6.45) is 4.63. The number of ether oxygens (including phenoxy) is 2. The number of nitrogens with zero attached hydrogens (tertiary/aromatic N) is 1. The molecule has 26 heavy (non-hydrogen) atoms. The third-order valence-electron chi connectivity index (χ3n) is 4.19. The van der Waals surface area contributed by atoms with Gasteiger partial charge in [0.2, 0.25) is 0 Å². The van der Waals surface area contributed by atoms with E-state index in [0.29, 0.717) is 22.1 Å². The number of carboxylic acids is 1. The lowest BCUT2D eigenvalue weighted by Crippen LogP contribution is -2.23. The van der Waals surface area contributed by atoms with Crippen molar-refractivity contribution in [1.82, 2.24) is 10.3 Å². The van der Waals surface area contributed by atoms with Gasteiger partial charge in [0.15, 0.2) is 17.2 Å². The van der Waals surface area contributed by atoms with E-state index >= 15 is 0 Å². The zero-order valence-electron chi connectivity index (χ0n) is 14.4. The smallest absolute Gasteiger partial charge is 0.355 e. The molecule has 1 heterocycles. The van der Waals surface area contributed by atoms with Crippen molar-refractivity contribution in [2.45, 2.75) is 38.3 Å². The van der Waals surface area contributed by atoms with Gasteiger partial charge < -0.3 is 19.9 Å². The molecule has 138 valence electrons. The Kier molecular flexibility index (Phi) is 5.72. The maximum Gasteiger partial charge on any atom is 0.355 e. The van der Waals surface area contributed by atoms with Gasteiger partial charge in [-0.3, -0.25) is 4.79 Å². The molecule has 1 aliphatic rings. The number of aromatic nitrogens is 1. The first-order valence-corrected chi connectivity index (χ1v) is 9.25. The highest BCUT2D eigenvalue weighted by molar-refractivity contribution is 7.09. The number of methoxy groups -OCH3 is 1. The number of carbonyl (C=O) groups excluding carboxylic acids is 1. The Hall–Kier alpha value is -2.61. The van der Waals surface area contributed by atoms with E-state index in [1.54, 1.807) is 25.3 Å². The third-order valence-corrected chi connectivity index (χ3v) is 5.04. The number of nitrogens with one attached hydrogen (secondary N) is 1. The average molecular weight is 376 g/mol. The van der Waals surface area contributed by atoms with E-state index in [0.717, 1.165) is 12.8 Å². The van der Waals surface area contributed by atoms with Crippen molar-refractivity contribution in [2.24, 2.45) is 0 Å². The summed E-state index contributed by atoms with van der Waals surface area (Å²) in [5.74, 6) is -0.210. The second-order valence-corrected chi connectivity index (χ2v) is 6.95. The predicted molar refractivity (Wildman–Crippen MR) is 96.1 cm³/mol. The Bertz CT molecular complexity index is 799. The first-order chi connectivity index (χ1) is 12.6. The maximum atomic E-state index is 12.3. The van der Waals surface area contributed by atoms with Gasteiger partial charge in [-0.05, 0) is 43.9 Å². The van der Waals surface area contributed by atoms with E-state index in [1.807, 2.05) is 0 Å². The number of amides is 1. The molecule has 8 heteroatoms. The van der Waals surface area contributed by atoms with Crippen LogP contribution >= 0.6 is 11.3 Å². The second kappa shape index (κ2) is 8.18. The molecule has 3 rings (SSSR count). The fourth-order valence-electron chi connectivity index (χ4n) is 2.84. The summed E-state index contributed by atoms with van der Waals surface area (Å²) in [5.41, 5.74) is 0.421. The number of carbonyl (C=O) groups is 2. The zero-order chi connectivity index (χ0) is 18.5. The molecule has 0 aliphatic heterocycles. The average Bonchev–Trinajstić information content (AvgIpc) is 3.31. The van der Waals surface area contributed by atoms with E-state index in [2.05, 4.69) is 10.3 Å². The minimum Gasteiger partial charge on any atom is -0.493 e. The lowest BCUT2D eigenvalue weighted by Gasteiger charge is -2.16. The van der Waals surface area contributed by atoms with Crippen molar-refractivity contribution < 1.29 is 24.2 Å². The van der Waals surface area contributed by atoms with Gasteiger partial charge in [0.05, 0.1) is 19.8 Å². The molecule has 1 aliphatic carbocycles. The SMILES string of the molecule is COc1cc(C(=O)NCc2nc(C(=O)O)cs2)ccc1OC1CCCC1. The highest BCUT2D eigenvalue weighted by Gasteiger charge is 2.19. The lowest BCUT2D eigenvalue weighted by atomic mass is 10.2.